The number of hydrogen-bond donors (Lipinski definition) is 2. The average Bonchev–Trinajstić information content (AvgIpc) is 2.35. The van der Waals surface area contributed by atoms with E-state index in [0.717, 1.165) is 0 Å². The molecule has 6 nitrogen and oxygen atoms in total. The lowest BCUT2D eigenvalue weighted by molar-refractivity contribution is -0.135. The Balaban J connectivity index is 3.01. The van der Waals surface area contributed by atoms with Crippen molar-refractivity contribution in [3.8, 4) is 11.5 Å². The third kappa shape index (κ3) is 3.13. The molecule has 0 aliphatic heterocycles. The fourth-order valence-corrected chi connectivity index (χ4v) is 1.48. The van der Waals surface area contributed by atoms with Crippen molar-refractivity contribution in [1.29, 1.82) is 0 Å². The largest absolute Gasteiger partial charge is 0.493 e. The first-order valence-electron chi connectivity index (χ1n) is 5.22. The van der Waals surface area contributed by atoms with Gasteiger partial charge in [0.05, 0.1) is 14.2 Å². The van der Waals surface area contributed by atoms with Crippen molar-refractivity contribution in [2.75, 3.05) is 20.8 Å². The maximum atomic E-state index is 11.8. The van der Waals surface area contributed by atoms with Gasteiger partial charge in [-0.1, -0.05) is 0 Å². The lowest BCUT2D eigenvalue weighted by Gasteiger charge is -2.12. The molecule has 18 heavy (non-hydrogen) atoms. The van der Waals surface area contributed by atoms with Gasteiger partial charge < -0.3 is 19.9 Å². The molecule has 0 saturated heterocycles. The van der Waals surface area contributed by atoms with E-state index in [4.69, 9.17) is 14.6 Å². The SMILES string of the molecule is COc1cc(C)c(C(=O)NCC(=O)O)cc1OC. The van der Waals surface area contributed by atoms with Crippen LogP contribution in [0.25, 0.3) is 0 Å². The Morgan fingerprint density at radius 2 is 1.78 bits per heavy atom. The Morgan fingerprint density at radius 1 is 1.22 bits per heavy atom. The number of methoxy groups -OCH3 is 2. The molecule has 0 aliphatic rings. The lowest BCUT2D eigenvalue weighted by Crippen LogP contribution is -2.29. The predicted octanol–water partition coefficient (Wildman–Crippen LogP) is 0.827. The summed E-state index contributed by atoms with van der Waals surface area (Å²) in [5.41, 5.74) is 1.03. The van der Waals surface area contributed by atoms with Gasteiger partial charge in [0.25, 0.3) is 5.91 Å². The second-order valence-electron chi connectivity index (χ2n) is 3.60. The van der Waals surface area contributed by atoms with Gasteiger partial charge in [0, 0.05) is 5.56 Å². The molecule has 2 N–H and O–H groups in total. The molecule has 1 aromatic carbocycles. The van der Waals surface area contributed by atoms with Gasteiger partial charge in [0.1, 0.15) is 6.54 Å². The first-order chi connectivity index (χ1) is 8.49. The van der Waals surface area contributed by atoms with Crippen LogP contribution in [-0.2, 0) is 4.79 Å². The number of carbonyl (C=O) groups excluding carboxylic acids is 1. The molecule has 6 heteroatoms. The number of aliphatic carboxylic acids is 1. The van der Waals surface area contributed by atoms with E-state index in [1.807, 2.05) is 0 Å². The zero-order valence-corrected chi connectivity index (χ0v) is 10.4. The molecule has 0 bridgehead atoms. The quantitative estimate of drug-likeness (QED) is 0.811. The van der Waals surface area contributed by atoms with Crippen LogP contribution in [0.3, 0.4) is 0 Å². The third-order valence-corrected chi connectivity index (χ3v) is 2.38. The fourth-order valence-electron chi connectivity index (χ4n) is 1.48. The van der Waals surface area contributed by atoms with E-state index in [2.05, 4.69) is 5.32 Å². The average molecular weight is 253 g/mol. The summed E-state index contributed by atoms with van der Waals surface area (Å²) in [5.74, 6) is -0.620. The van der Waals surface area contributed by atoms with Gasteiger partial charge in [-0.15, -0.1) is 0 Å². The number of nitrogens with one attached hydrogen (secondary N) is 1. The van der Waals surface area contributed by atoms with Crippen LogP contribution < -0.4 is 14.8 Å². The normalized spacial score (nSPS) is 9.72. The van der Waals surface area contributed by atoms with E-state index in [1.54, 1.807) is 13.0 Å². The first kappa shape index (κ1) is 13.8. The second-order valence-corrected chi connectivity index (χ2v) is 3.60. The first-order valence-corrected chi connectivity index (χ1v) is 5.22. The molecule has 0 aromatic heterocycles. The van der Waals surface area contributed by atoms with Gasteiger partial charge in [0.2, 0.25) is 0 Å². The van der Waals surface area contributed by atoms with E-state index < -0.39 is 18.4 Å². The van der Waals surface area contributed by atoms with E-state index in [9.17, 15) is 9.59 Å². The van der Waals surface area contributed by atoms with Gasteiger partial charge in [-0.25, -0.2) is 0 Å². The highest BCUT2D eigenvalue weighted by Gasteiger charge is 2.14. The van der Waals surface area contributed by atoms with Crippen molar-refractivity contribution < 1.29 is 24.2 Å². The standard InChI is InChI=1S/C12H15NO5/c1-7-4-9(17-2)10(18-3)5-8(7)12(16)13-6-11(14)15/h4-5H,6H2,1-3H3,(H,13,16)(H,14,15). The van der Waals surface area contributed by atoms with Gasteiger partial charge in [-0.05, 0) is 24.6 Å². The van der Waals surface area contributed by atoms with Crippen molar-refractivity contribution in [1.82, 2.24) is 5.32 Å². The van der Waals surface area contributed by atoms with Gasteiger partial charge in [-0.2, -0.15) is 0 Å². The summed E-state index contributed by atoms with van der Waals surface area (Å²) in [4.78, 5) is 22.2. The number of carboxylic acid groups (broad SMARTS) is 1. The number of ether oxygens (including phenoxy) is 2. The van der Waals surface area contributed by atoms with E-state index in [-0.39, 0.29) is 0 Å². The van der Waals surface area contributed by atoms with Crippen LogP contribution in [0.15, 0.2) is 12.1 Å². The summed E-state index contributed by atoms with van der Waals surface area (Å²) in [6.07, 6.45) is 0. The summed E-state index contributed by atoms with van der Waals surface area (Å²) in [7, 11) is 2.97. The molecular formula is C12H15NO5. The van der Waals surface area contributed by atoms with Crippen LogP contribution in [0.2, 0.25) is 0 Å². The molecule has 0 atom stereocenters. The van der Waals surface area contributed by atoms with E-state index in [1.165, 1.54) is 20.3 Å². The number of carboxylic acids is 1. The van der Waals surface area contributed by atoms with Crippen LogP contribution in [0.1, 0.15) is 15.9 Å². The van der Waals surface area contributed by atoms with Crippen LogP contribution in [-0.4, -0.2) is 37.7 Å². The Hall–Kier alpha value is -2.24. The van der Waals surface area contributed by atoms with Gasteiger partial charge in [0.15, 0.2) is 11.5 Å². The predicted molar refractivity (Wildman–Crippen MR) is 64.3 cm³/mol. The number of benzene rings is 1. The van der Waals surface area contributed by atoms with Crippen LogP contribution in [0, 0.1) is 6.92 Å². The highest BCUT2D eigenvalue weighted by atomic mass is 16.5. The Bertz CT molecular complexity index is 470. The summed E-state index contributed by atoms with van der Waals surface area (Å²) in [5, 5.41) is 10.8. The van der Waals surface area contributed by atoms with Crippen molar-refractivity contribution in [2.24, 2.45) is 0 Å². The molecular weight excluding hydrogens is 238 g/mol. The minimum atomic E-state index is -1.10. The van der Waals surface area contributed by atoms with Gasteiger partial charge in [-0.3, -0.25) is 9.59 Å². The smallest absolute Gasteiger partial charge is 0.322 e. The van der Waals surface area contributed by atoms with E-state index in [0.29, 0.717) is 22.6 Å². The molecule has 0 fully saturated rings. The van der Waals surface area contributed by atoms with Crippen molar-refractivity contribution in [3.63, 3.8) is 0 Å². The second kappa shape index (κ2) is 5.90. The van der Waals surface area contributed by atoms with Crippen LogP contribution >= 0.6 is 0 Å². The number of hydrogen-bond acceptors (Lipinski definition) is 4. The number of amides is 1. The van der Waals surface area contributed by atoms with E-state index >= 15 is 0 Å². The molecule has 0 aliphatic carbocycles. The molecule has 1 amide bonds. The summed E-state index contributed by atoms with van der Waals surface area (Å²) in [6.45, 7) is 1.31. The third-order valence-electron chi connectivity index (χ3n) is 2.38. The summed E-state index contributed by atoms with van der Waals surface area (Å²) in [6, 6.07) is 3.18. The minimum Gasteiger partial charge on any atom is -0.493 e. The highest BCUT2D eigenvalue weighted by Crippen LogP contribution is 2.30. The number of aryl methyl sites for hydroxylation is 1. The maximum Gasteiger partial charge on any atom is 0.322 e. The molecule has 98 valence electrons. The van der Waals surface area contributed by atoms with Gasteiger partial charge >= 0.3 is 5.97 Å². The molecule has 0 radical (unpaired) electrons. The zero-order valence-electron chi connectivity index (χ0n) is 10.4. The van der Waals surface area contributed by atoms with Crippen LogP contribution in [0.4, 0.5) is 0 Å². The topological polar surface area (TPSA) is 84.9 Å². The minimum absolute atomic E-state index is 0.355. The monoisotopic (exact) mass is 253 g/mol. The Kier molecular flexibility index (Phi) is 4.53. The molecule has 1 rings (SSSR count). The van der Waals surface area contributed by atoms with Crippen LogP contribution in [0.5, 0.6) is 11.5 Å². The summed E-state index contributed by atoms with van der Waals surface area (Å²) >= 11 is 0. The Morgan fingerprint density at radius 3 is 2.28 bits per heavy atom. The number of rotatable bonds is 5. The van der Waals surface area contributed by atoms with Crippen molar-refractivity contribution >= 4 is 11.9 Å². The molecule has 0 spiro atoms. The molecule has 0 heterocycles. The van der Waals surface area contributed by atoms with Crippen molar-refractivity contribution in [3.05, 3.63) is 23.3 Å². The fraction of sp³-hybridized carbons (Fsp3) is 0.333. The molecule has 1 aromatic rings. The highest BCUT2D eigenvalue weighted by molar-refractivity contribution is 5.97. The number of carbonyl (C=O) groups is 2. The molecule has 0 saturated carbocycles. The zero-order chi connectivity index (χ0) is 13.7. The summed E-state index contributed by atoms with van der Waals surface area (Å²) < 4.78 is 10.2. The maximum absolute atomic E-state index is 11.8. The molecule has 0 unspecified atom stereocenters. The Labute approximate surface area is 105 Å². The van der Waals surface area contributed by atoms with Crippen molar-refractivity contribution in [2.45, 2.75) is 6.92 Å². The lowest BCUT2D eigenvalue weighted by atomic mass is 10.1.